The molecular formula is C8H9NaO3. The van der Waals surface area contributed by atoms with Gasteiger partial charge in [0.1, 0.15) is 11.3 Å². The molecule has 0 atom stereocenters. The van der Waals surface area contributed by atoms with Crippen molar-refractivity contribution in [3.05, 3.63) is 29.3 Å². The Hall–Kier alpha value is -0.510. The molecule has 0 spiro atoms. The van der Waals surface area contributed by atoms with Gasteiger partial charge in [-0.3, -0.25) is 0 Å². The fourth-order valence-electron chi connectivity index (χ4n) is 0.823. The molecule has 0 aliphatic carbocycles. The summed E-state index contributed by atoms with van der Waals surface area (Å²) in [5, 5.41) is 17.6. The Morgan fingerprint density at radius 3 is 2.50 bits per heavy atom. The number of hydrogen-bond donors (Lipinski definition) is 2. The van der Waals surface area contributed by atoms with E-state index in [1.54, 1.807) is 13.0 Å². The molecule has 0 aliphatic heterocycles. The zero-order chi connectivity index (χ0) is 8.43. The van der Waals surface area contributed by atoms with Gasteiger partial charge < -0.3 is 11.6 Å². The minimum atomic E-state index is -1.11. The van der Waals surface area contributed by atoms with E-state index in [2.05, 4.69) is 0 Å². The van der Waals surface area contributed by atoms with E-state index in [1.807, 2.05) is 0 Å². The van der Waals surface area contributed by atoms with Gasteiger partial charge in [-0.1, -0.05) is 6.07 Å². The van der Waals surface area contributed by atoms with E-state index >= 15 is 0 Å². The molecule has 3 nitrogen and oxygen atoms in total. The largest absolute Gasteiger partial charge is 1.00 e. The number of aromatic hydroxyl groups is 1. The van der Waals surface area contributed by atoms with Crippen LogP contribution in [0.2, 0.25) is 0 Å². The Balaban J connectivity index is 0. The second-order valence-corrected chi connectivity index (χ2v) is 2.33. The molecule has 0 bridgehead atoms. The maximum atomic E-state index is 10.4. The van der Waals surface area contributed by atoms with E-state index < -0.39 is 5.97 Å². The van der Waals surface area contributed by atoms with Gasteiger partial charge >= 0.3 is 35.5 Å². The van der Waals surface area contributed by atoms with Crippen LogP contribution < -0.4 is 29.6 Å². The van der Waals surface area contributed by atoms with E-state index in [-0.39, 0.29) is 42.3 Å². The normalized spacial score (nSPS) is 8.75. The van der Waals surface area contributed by atoms with Crippen molar-refractivity contribution in [1.82, 2.24) is 0 Å². The van der Waals surface area contributed by atoms with E-state index in [0.29, 0.717) is 0 Å². The number of phenols is 1. The SMILES string of the molecule is Cc1ccc(C(=O)O)c(O)c1.[H-].[Na+]. The van der Waals surface area contributed by atoms with Crippen LogP contribution in [-0.4, -0.2) is 16.2 Å². The molecule has 0 saturated carbocycles. The summed E-state index contributed by atoms with van der Waals surface area (Å²) in [6.07, 6.45) is 0. The third-order valence-corrected chi connectivity index (χ3v) is 1.38. The number of rotatable bonds is 1. The average Bonchev–Trinajstić information content (AvgIpc) is 1.85. The van der Waals surface area contributed by atoms with Crippen molar-refractivity contribution in [2.45, 2.75) is 6.92 Å². The first-order valence-corrected chi connectivity index (χ1v) is 3.14. The zero-order valence-corrected chi connectivity index (χ0v) is 9.03. The van der Waals surface area contributed by atoms with Gasteiger partial charge in [-0.15, -0.1) is 0 Å². The smallest absolute Gasteiger partial charge is 1.00 e. The molecule has 0 aliphatic rings. The van der Waals surface area contributed by atoms with Gasteiger partial charge in [0.05, 0.1) is 0 Å². The summed E-state index contributed by atoms with van der Waals surface area (Å²) in [6.45, 7) is 1.78. The molecule has 0 unspecified atom stereocenters. The van der Waals surface area contributed by atoms with Crippen molar-refractivity contribution >= 4 is 5.97 Å². The minimum Gasteiger partial charge on any atom is -1.00 e. The first-order chi connectivity index (χ1) is 5.11. The van der Waals surface area contributed by atoms with Crippen molar-refractivity contribution in [2.24, 2.45) is 0 Å². The van der Waals surface area contributed by atoms with Crippen LogP contribution in [0.15, 0.2) is 18.2 Å². The first kappa shape index (κ1) is 11.5. The first-order valence-electron chi connectivity index (χ1n) is 3.14. The van der Waals surface area contributed by atoms with Crippen LogP contribution in [0, 0.1) is 6.92 Å². The molecule has 0 amide bonds. The molecule has 0 heterocycles. The number of carboxylic acid groups (broad SMARTS) is 1. The van der Waals surface area contributed by atoms with Gasteiger partial charge in [0.2, 0.25) is 0 Å². The maximum absolute atomic E-state index is 10.4. The summed E-state index contributed by atoms with van der Waals surface area (Å²) in [5.41, 5.74) is 0.781. The maximum Gasteiger partial charge on any atom is 1.00 e. The molecule has 1 rings (SSSR count). The molecule has 0 saturated heterocycles. The van der Waals surface area contributed by atoms with Crippen molar-refractivity contribution < 1.29 is 46.0 Å². The van der Waals surface area contributed by atoms with E-state index in [0.717, 1.165) is 5.56 Å². The fraction of sp³-hybridized carbons (Fsp3) is 0.125. The molecule has 0 aromatic heterocycles. The Bertz CT molecular complexity index is 301. The third kappa shape index (κ3) is 2.52. The van der Waals surface area contributed by atoms with Crippen LogP contribution in [0.1, 0.15) is 17.3 Å². The van der Waals surface area contributed by atoms with Gasteiger partial charge in [0, 0.05) is 0 Å². The van der Waals surface area contributed by atoms with Gasteiger partial charge in [-0.05, 0) is 24.6 Å². The Labute approximate surface area is 93.8 Å². The van der Waals surface area contributed by atoms with E-state index in [4.69, 9.17) is 10.2 Å². The van der Waals surface area contributed by atoms with Gasteiger partial charge in [0.15, 0.2) is 0 Å². The predicted molar refractivity (Wildman–Crippen MR) is 40.9 cm³/mol. The van der Waals surface area contributed by atoms with E-state index in [9.17, 15) is 4.79 Å². The van der Waals surface area contributed by atoms with Gasteiger partial charge in [0.25, 0.3) is 0 Å². The predicted octanol–water partition coefficient (Wildman–Crippen LogP) is -1.48. The number of carbonyl (C=O) groups is 1. The summed E-state index contributed by atoms with van der Waals surface area (Å²) in [5.74, 6) is -1.29. The fourth-order valence-corrected chi connectivity index (χ4v) is 0.823. The molecule has 2 N–H and O–H groups in total. The molecule has 60 valence electrons. The molecule has 1 aromatic rings. The van der Waals surface area contributed by atoms with Crippen LogP contribution in [0.5, 0.6) is 5.75 Å². The molecular weight excluding hydrogens is 167 g/mol. The van der Waals surface area contributed by atoms with Crippen LogP contribution in [0.4, 0.5) is 0 Å². The van der Waals surface area contributed by atoms with E-state index in [1.165, 1.54) is 12.1 Å². The molecule has 0 radical (unpaired) electrons. The number of aromatic carboxylic acids is 1. The Morgan fingerprint density at radius 1 is 1.50 bits per heavy atom. The van der Waals surface area contributed by atoms with Crippen LogP contribution in [0.3, 0.4) is 0 Å². The van der Waals surface area contributed by atoms with Crippen LogP contribution in [-0.2, 0) is 0 Å². The number of hydrogen-bond acceptors (Lipinski definition) is 2. The standard InChI is InChI=1S/C8H8O3.Na.H/c1-5-2-3-6(8(10)11)7(9)4-5;;/h2-4,9H,1H3,(H,10,11);;/q;+1;-1. The van der Waals surface area contributed by atoms with Gasteiger partial charge in [-0.2, -0.15) is 0 Å². The van der Waals surface area contributed by atoms with Crippen LogP contribution in [0.25, 0.3) is 0 Å². The summed E-state index contributed by atoms with van der Waals surface area (Å²) >= 11 is 0. The second-order valence-electron chi connectivity index (χ2n) is 2.33. The quantitative estimate of drug-likeness (QED) is 0.513. The van der Waals surface area contributed by atoms with Crippen molar-refractivity contribution in [1.29, 1.82) is 0 Å². The van der Waals surface area contributed by atoms with Crippen molar-refractivity contribution in [3.8, 4) is 5.75 Å². The van der Waals surface area contributed by atoms with Crippen molar-refractivity contribution in [3.63, 3.8) is 0 Å². The Morgan fingerprint density at radius 2 is 2.08 bits per heavy atom. The summed E-state index contributed by atoms with van der Waals surface area (Å²) in [6, 6.07) is 4.44. The summed E-state index contributed by atoms with van der Waals surface area (Å²) in [7, 11) is 0. The van der Waals surface area contributed by atoms with Crippen molar-refractivity contribution in [2.75, 3.05) is 0 Å². The number of aryl methyl sites for hydroxylation is 1. The summed E-state index contributed by atoms with van der Waals surface area (Å²) in [4.78, 5) is 10.4. The third-order valence-electron chi connectivity index (χ3n) is 1.38. The average molecular weight is 176 g/mol. The topological polar surface area (TPSA) is 57.5 Å². The summed E-state index contributed by atoms with van der Waals surface area (Å²) < 4.78 is 0. The zero-order valence-electron chi connectivity index (χ0n) is 8.03. The van der Waals surface area contributed by atoms with Gasteiger partial charge in [-0.25, -0.2) is 4.79 Å². The molecule has 0 fully saturated rings. The molecule has 4 heteroatoms. The number of carboxylic acids is 1. The second kappa shape index (κ2) is 4.50. The van der Waals surface area contributed by atoms with Crippen LogP contribution >= 0.6 is 0 Å². The Kier molecular flexibility index (Phi) is 4.31. The molecule has 1 aromatic carbocycles. The minimum absolute atomic E-state index is 0. The number of benzene rings is 1. The monoisotopic (exact) mass is 176 g/mol. The molecule has 12 heavy (non-hydrogen) atoms.